The van der Waals surface area contributed by atoms with Crippen molar-refractivity contribution in [3.05, 3.63) is 0 Å². The SMILES string of the molecule is CCC(C(C)C)N1C(=O)CC(=O)NC1=O. The van der Waals surface area contributed by atoms with E-state index in [1.165, 1.54) is 4.90 Å². The molecule has 1 rings (SSSR count). The molecule has 1 aliphatic heterocycles. The van der Waals surface area contributed by atoms with Gasteiger partial charge in [-0.3, -0.25) is 19.8 Å². The van der Waals surface area contributed by atoms with Crippen LogP contribution < -0.4 is 5.32 Å². The molecule has 1 saturated heterocycles. The smallest absolute Gasteiger partial charge is 0.277 e. The highest BCUT2D eigenvalue weighted by Gasteiger charge is 2.36. The number of nitrogens with zero attached hydrogens (tertiary/aromatic N) is 1. The molecule has 5 heteroatoms. The number of imide groups is 2. The van der Waals surface area contributed by atoms with Crippen LogP contribution in [0.3, 0.4) is 0 Å². The molecule has 0 aromatic rings. The van der Waals surface area contributed by atoms with E-state index in [2.05, 4.69) is 5.32 Å². The summed E-state index contributed by atoms with van der Waals surface area (Å²) in [4.78, 5) is 35.2. The maximum Gasteiger partial charge on any atom is 0.331 e. The van der Waals surface area contributed by atoms with E-state index in [0.717, 1.165) is 0 Å². The second-order valence-corrected chi connectivity index (χ2v) is 4.01. The number of rotatable bonds is 3. The van der Waals surface area contributed by atoms with Crippen molar-refractivity contribution >= 4 is 17.8 Å². The van der Waals surface area contributed by atoms with Crippen molar-refractivity contribution in [2.24, 2.45) is 5.92 Å². The van der Waals surface area contributed by atoms with Crippen molar-refractivity contribution in [1.82, 2.24) is 10.2 Å². The number of barbiturate groups is 1. The Morgan fingerprint density at radius 2 is 1.93 bits per heavy atom. The third-order valence-corrected chi connectivity index (χ3v) is 2.57. The zero-order chi connectivity index (χ0) is 11.6. The van der Waals surface area contributed by atoms with Gasteiger partial charge in [0, 0.05) is 6.04 Å². The number of carbonyl (C=O) groups is 3. The predicted molar refractivity (Wildman–Crippen MR) is 53.9 cm³/mol. The van der Waals surface area contributed by atoms with Crippen LogP contribution in [0.15, 0.2) is 0 Å². The molecule has 4 amide bonds. The summed E-state index contributed by atoms with van der Waals surface area (Å²) in [6.07, 6.45) is 0.472. The van der Waals surface area contributed by atoms with E-state index < -0.39 is 17.8 Å². The largest absolute Gasteiger partial charge is 0.331 e. The van der Waals surface area contributed by atoms with Gasteiger partial charge in [-0.15, -0.1) is 0 Å². The van der Waals surface area contributed by atoms with E-state index in [0.29, 0.717) is 6.42 Å². The summed E-state index contributed by atoms with van der Waals surface area (Å²) in [5.74, 6) is -0.720. The monoisotopic (exact) mass is 212 g/mol. The number of hydrogen-bond acceptors (Lipinski definition) is 3. The van der Waals surface area contributed by atoms with Crippen LogP contribution in [0.25, 0.3) is 0 Å². The topological polar surface area (TPSA) is 66.5 Å². The molecule has 0 radical (unpaired) electrons. The Balaban J connectivity index is 2.87. The van der Waals surface area contributed by atoms with Gasteiger partial charge in [-0.2, -0.15) is 0 Å². The molecular weight excluding hydrogens is 196 g/mol. The van der Waals surface area contributed by atoms with Crippen molar-refractivity contribution in [1.29, 1.82) is 0 Å². The molecule has 1 fully saturated rings. The van der Waals surface area contributed by atoms with Crippen LogP contribution in [0.4, 0.5) is 4.79 Å². The van der Waals surface area contributed by atoms with Gasteiger partial charge in [0.05, 0.1) is 0 Å². The van der Waals surface area contributed by atoms with Gasteiger partial charge in [-0.25, -0.2) is 4.79 Å². The second-order valence-electron chi connectivity index (χ2n) is 4.01. The third-order valence-electron chi connectivity index (χ3n) is 2.57. The molecule has 0 aromatic heterocycles. The lowest BCUT2D eigenvalue weighted by Gasteiger charge is -2.34. The van der Waals surface area contributed by atoms with Crippen LogP contribution in [0.1, 0.15) is 33.6 Å². The van der Waals surface area contributed by atoms with E-state index in [9.17, 15) is 14.4 Å². The Kier molecular flexibility index (Phi) is 3.44. The van der Waals surface area contributed by atoms with Gasteiger partial charge in [0.1, 0.15) is 6.42 Å². The first-order chi connectivity index (χ1) is 6.97. The van der Waals surface area contributed by atoms with Crippen LogP contribution in [0.5, 0.6) is 0 Å². The van der Waals surface area contributed by atoms with E-state index in [-0.39, 0.29) is 18.4 Å². The first-order valence-electron chi connectivity index (χ1n) is 5.13. The minimum absolute atomic E-state index is 0.134. The Labute approximate surface area is 88.8 Å². The predicted octanol–water partition coefficient (Wildman–Crippen LogP) is 0.889. The highest BCUT2D eigenvalue weighted by Crippen LogP contribution is 2.17. The summed E-state index contributed by atoms with van der Waals surface area (Å²) in [5.41, 5.74) is 0. The van der Waals surface area contributed by atoms with E-state index in [4.69, 9.17) is 0 Å². The fourth-order valence-electron chi connectivity index (χ4n) is 1.85. The van der Waals surface area contributed by atoms with Crippen molar-refractivity contribution < 1.29 is 14.4 Å². The summed E-state index contributed by atoms with van der Waals surface area (Å²) in [6.45, 7) is 5.82. The molecule has 0 saturated carbocycles. The maximum absolute atomic E-state index is 11.6. The van der Waals surface area contributed by atoms with Gasteiger partial charge in [0.2, 0.25) is 11.8 Å². The fraction of sp³-hybridized carbons (Fsp3) is 0.700. The Hall–Kier alpha value is -1.39. The summed E-state index contributed by atoms with van der Waals surface area (Å²) < 4.78 is 0. The summed E-state index contributed by atoms with van der Waals surface area (Å²) in [5, 5.41) is 2.16. The molecule has 5 nitrogen and oxygen atoms in total. The van der Waals surface area contributed by atoms with Gasteiger partial charge in [0.15, 0.2) is 0 Å². The molecule has 1 unspecified atom stereocenters. The zero-order valence-electron chi connectivity index (χ0n) is 9.24. The van der Waals surface area contributed by atoms with Gasteiger partial charge < -0.3 is 0 Å². The standard InChI is InChI=1S/C10H16N2O3/c1-4-7(6(2)3)12-9(14)5-8(13)11-10(12)15/h6-7H,4-5H2,1-3H3,(H,11,13,15). The molecular formula is C10H16N2O3. The van der Waals surface area contributed by atoms with Crippen LogP contribution >= 0.6 is 0 Å². The Bertz CT molecular complexity index is 279. The summed E-state index contributed by atoms with van der Waals surface area (Å²) in [7, 11) is 0. The first kappa shape index (κ1) is 11.7. The van der Waals surface area contributed by atoms with Crippen LogP contribution in [0.2, 0.25) is 0 Å². The Morgan fingerprint density at radius 1 is 1.33 bits per heavy atom. The molecule has 15 heavy (non-hydrogen) atoms. The average molecular weight is 212 g/mol. The number of hydrogen-bond donors (Lipinski definition) is 1. The number of amides is 4. The fourth-order valence-corrected chi connectivity index (χ4v) is 1.85. The van der Waals surface area contributed by atoms with Gasteiger partial charge in [-0.05, 0) is 12.3 Å². The van der Waals surface area contributed by atoms with E-state index in [1.807, 2.05) is 20.8 Å². The molecule has 1 aliphatic rings. The molecule has 1 N–H and O–H groups in total. The van der Waals surface area contributed by atoms with Gasteiger partial charge in [0.25, 0.3) is 0 Å². The van der Waals surface area contributed by atoms with Gasteiger partial charge in [-0.1, -0.05) is 20.8 Å². The van der Waals surface area contributed by atoms with Gasteiger partial charge >= 0.3 is 6.03 Å². The van der Waals surface area contributed by atoms with Crippen molar-refractivity contribution in [3.63, 3.8) is 0 Å². The summed E-state index contributed by atoms with van der Waals surface area (Å²) >= 11 is 0. The lowest BCUT2D eigenvalue weighted by Crippen LogP contribution is -2.57. The third kappa shape index (κ3) is 2.34. The molecule has 0 aromatic carbocycles. The average Bonchev–Trinajstić information content (AvgIpc) is 2.09. The lowest BCUT2D eigenvalue weighted by molar-refractivity contribution is -0.138. The molecule has 1 atom stereocenters. The second kappa shape index (κ2) is 4.42. The van der Waals surface area contributed by atoms with Crippen LogP contribution in [-0.2, 0) is 9.59 Å². The molecule has 1 heterocycles. The molecule has 0 aliphatic carbocycles. The minimum Gasteiger partial charge on any atom is -0.277 e. The first-order valence-corrected chi connectivity index (χ1v) is 5.13. The normalized spacial score (nSPS) is 19.5. The highest BCUT2D eigenvalue weighted by atomic mass is 16.2. The minimum atomic E-state index is -0.586. The quantitative estimate of drug-likeness (QED) is 0.706. The van der Waals surface area contributed by atoms with E-state index >= 15 is 0 Å². The number of carbonyl (C=O) groups excluding carboxylic acids is 3. The van der Waals surface area contributed by atoms with Crippen molar-refractivity contribution in [2.45, 2.75) is 39.7 Å². The van der Waals surface area contributed by atoms with Crippen LogP contribution in [0, 0.1) is 5.92 Å². The van der Waals surface area contributed by atoms with Crippen molar-refractivity contribution in [3.8, 4) is 0 Å². The lowest BCUT2D eigenvalue weighted by atomic mass is 9.99. The Morgan fingerprint density at radius 3 is 2.33 bits per heavy atom. The highest BCUT2D eigenvalue weighted by molar-refractivity contribution is 6.14. The molecule has 0 spiro atoms. The molecule has 0 bridgehead atoms. The zero-order valence-corrected chi connectivity index (χ0v) is 9.24. The molecule has 84 valence electrons. The number of urea groups is 1. The maximum atomic E-state index is 11.6. The van der Waals surface area contributed by atoms with E-state index in [1.54, 1.807) is 0 Å². The van der Waals surface area contributed by atoms with Crippen molar-refractivity contribution in [2.75, 3.05) is 0 Å². The summed E-state index contributed by atoms with van der Waals surface area (Å²) in [6, 6.07) is -0.720. The number of nitrogens with one attached hydrogen (secondary N) is 1. The van der Waals surface area contributed by atoms with Crippen LogP contribution in [-0.4, -0.2) is 28.8 Å².